The fraction of sp³-hybridized carbons (Fsp3) is 0.600. The molecule has 0 saturated carbocycles. The predicted molar refractivity (Wildman–Crippen MR) is 64.7 cm³/mol. The van der Waals surface area contributed by atoms with Crippen molar-refractivity contribution in [1.82, 2.24) is 0 Å². The topological polar surface area (TPSA) is 35.2 Å². The Morgan fingerprint density at radius 1 is 1.57 bits per heavy atom. The number of nitrogens with two attached hydrogens (primary N) is 1. The standard InChI is InChI=1S/C10H16BrNOS/c1-4-13-10(2,3)9(12)7-5-14-6-8(7)11/h5-6,9H,4,12H2,1-3H3. The van der Waals surface area contributed by atoms with Gasteiger partial charge in [0.1, 0.15) is 0 Å². The van der Waals surface area contributed by atoms with Gasteiger partial charge in [0, 0.05) is 16.5 Å². The first-order valence-corrected chi connectivity index (χ1v) is 6.33. The highest BCUT2D eigenvalue weighted by Crippen LogP contribution is 2.33. The Morgan fingerprint density at radius 2 is 2.21 bits per heavy atom. The van der Waals surface area contributed by atoms with Crippen LogP contribution in [0, 0.1) is 0 Å². The zero-order valence-electron chi connectivity index (χ0n) is 8.71. The number of thiophene rings is 1. The van der Waals surface area contributed by atoms with Crippen molar-refractivity contribution in [3.05, 3.63) is 20.8 Å². The molecule has 1 aromatic rings. The van der Waals surface area contributed by atoms with E-state index in [4.69, 9.17) is 10.5 Å². The number of hydrogen-bond acceptors (Lipinski definition) is 3. The van der Waals surface area contributed by atoms with Crippen LogP contribution >= 0.6 is 27.3 Å². The van der Waals surface area contributed by atoms with Crippen LogP contribution in [0.2, 0.25) is 0 Å². The predicted octanol–water partition coefficient (Wildman–Crippen LogP) is 3.33. The van der Waals surface area contributed by atoms with Crippen LogP contribution in [-0.2, 0) is 4.74 Å². The van der Waals surface area contributed by atoms with Gasteiger partial charge in [0.2, 0.25) is 0 Å². The first-order chi connectivity index (χ1) is 6.49. The third-order valence-electron chi connectivity index (χ3n) is 2.24. The van der Waals surface area contributed by atoms with E-state index in [1.165, 1.54) is 0 Å². The van der Waals surface area contributed by atoms with Gasteiger partial charge >= 0.3 is 0 Å². The second-order valence-corrected chi connectivity index (χ2v) is 5.29. The van der Waals surface area contributed by atoms with Gasteiger partial charge in [0.25, 0.3) is 0 Å². The molecule has 80 valence electrons. The van der Waals surface area contributed by atoms with Crippen LogP contribution < -0.4 is 5.73 Å². The fourth-order valence-electron chi connectivity index (χ4n) is 1.35. The Hall–Kier alpha value is 0.100. The third-order valence-corrected chi connectivity index (χ3v) is 3.99. The highest BCUT2D eigenvalue weighted by molar-refractivity contribution is 9.10. The van der Waals surface area contributed by atoms with E-state index in [0.29, 0.717) is 6.61 Å². The molecule has 1 atom stereocenters. The monoisotopic (exact) mass is 277 g/mol. The van der Waals surface area contributed by atoms with Gasteiger partial charge < -0.3 is 10.5 Å². The lowest BCUT2D eigenvalue weighted by Crippen LogP contribution is -2.38. The summed E-state index contributed by atoms with van der Waals surface area (Å²) in [5.41, 5.74) is 6.95. The van der Waals surface area contributed by atoms with E-state index in [-0.39, 0.29) is 11.6 Å². The quantitative estimate of drug-likeness (QED) is 0.917. The summed E-state index contributed by atoms with van der Waals surface area (Å²) < 4.78 is 6.70. The Balaban J connectivity index is 2.84. The van der Waals surface area contributed by atoms with Crippen molar-refractivity contribution in [3.63, 3.8) is 0 Å². The third kappa shape index (κ3) is 2.57. The lowest BCUT2D eigenvalue weighted by atomic mass is 9.94. The molecule has 0 bridgehead atoms. The minimum absolute atomic E-state index is 0.0944. The number of hydrogen-bond donors (Lipinski definition) is 1. The van der Waals surface area contributed by atoms with E-state index in [0.717, 1.165) is 10.0 Å². The van der Waals surface area contributed by atoms with Gasteiger partial charge in [-0.2, -0.15) is 11.3 Å². The van der Waals surface area contributed by atoms with Crippen molar-refractivity contribution in [2.45, 2.75) is 32.4 Å². The minimum atomic E-state index is -0.321. The van der Waals surface area contributed by atoms with Gasteiger partial charge in [0.15, 0.2) is 0 Å². The summed E-state index contributed by atoms with van der Waals surface area (Å²) in [6, 6.07) is -0.0944. The average molecular weight is 278 g/mol. The molecule has 0 amide bonds. The number of rotatable bonds is 4. The molecule has 1 rings (SSSR count). The molecule has 0 aliphatic rings. The van der Waals surface area contributed by atoms with Gasteiger partial charge in [-0.05, 0) is 47.6 Å². The van der Waals surface area contributed by atoms with Crippen LogP contribution in [0.25, 0.3) is 0 Å². The molecule has 0 saturated heterocycles. The van der Waals surface area contributed by atoms with Crippen LogP contribution in [0.5, 0.6) is 0 Å². The molecule has 14 heavy (non-hydrogen) atoms. The van der Waals surface area contributed by atoms with Crippen molar-refractivity contribution in [2.24, 2.45) is 5.73 Å². The maximum atomic E-state index is 6.16. The zero-order valence-corrected chi connectivity index (χ0v) is 11.1. The molecule has 0 aliphatic carbocycles. The smallest absolute Gasteiger partial charge is 0.0818 e. The van der Waals surface area contributed by atoms with E-state index >= 15 is 0 Å². The van der Waals surface area contributed by atoms with Crippen molar-refractivity contribution in [3.8, 4) is 0 Å². The molecule has 0 radical (unpaired) electrons. The summed E-state index contributed by atoms with van der Waals surface area (Å²) in [7, 11) is 0. The van der Waals surface area contributed by atoms with Crippen molar-refractivity contribution in [1.29, 1.82) is 0 Å². The molecule has 2 nitrogen and oxygen atoms in total. The average Bonchev–Trinajstić information content (AvgIpc) is 2.50. The summed E-state index contributed by atoms with van der Waals surface area (Å²) in [6.07, 6.45) is 0. The van der Waals surface area contributed by atoms with E-state index < -0.39 is 0 Å². The first-order valence-electron chi connectivity index (χ1n) is 4.60. The van der Waals surface area contributed by atoms with Crippen molar-refractivity contribution >= 4 is 27.3 Å². The molecular formula is C10H16BrNOS. The van der Waals surface area contributed by atoms with Gasteiger partial charge in [-0.3, -0.25) is 0 Å². The van der Waals surface area contributed by atoms with E-state index in [2.05, 4.69) is 21.3 Å². The molecule has 1 heterocycles. The second kappa shape index (κ2) is 4.75. The Morgan fingerprint density at radius 3 is 2.64 bits per heavy atom. The SMILES string of the molecule is CCOC(C)(C)C(N)c1cscc1Br. The first kappa shape index (κ1) is 12.2. The number of ether oxygens (including phenoxy) is 1. The van der Waals surface area contributed by atoms with Crippen molar-refractivity contribution in [2.75, 3.05) is 6.61 Å². The van der Waals surface area contributed by atoms with Crippen LogP contribution in [0.1, 0.15) is 32.4 Å². The molecule has 0 fully saturated rings. The second-order valence-electron chi connectivity index (χ2n) is 3.69. The zero-order chi connectivity index (χ0) is 10.8. The molecular weight excluding hydrogens is 262 g/mol. The van der Waals surface area contributed by atoms with E-state index in [1.54, 1.807) is 11.3 Å². The summed E-state index contributed by atoms with van der Waals surface area (Å²) in [6.45, 7) is 6.70. The molecule has 1 aromatic heterocycles. The van der Waals surface area contributed by atoms with E-state index in [9.17, 15) is 0 Å². The van der Waals surface area contributed by atoms with Gasteiger partial charge in [-0.15, -0.1) is 0 Å². The number of halogens is 1. The van der Waals surface area contributed by atoms with Crippen LogP contribution in [0.15, 0.2) is 15.2 Å². The van der Waals surface area contributed by atoms with Gasteiger partial charge in [-0.25, -0.2) is 0 Å². The molecule has 0 spiro atoms. The highest BCUT2D eigenvalue weighted by Gasteiger charge is 2.29. The summed E-state index contributed by atoms with van der Waals surface area (Å²) >= 11 is 5.13. The fourth-order valence-corrected chi connectivity index (χ4v) is 2.93. The molecule has 1 unspecified atom stereocenters. The molecule has 0 aliphatic heterocycles. The molecule has 2 N–H and O–H groups in total. The lowest BCUT2D eigenvalue weighted by Gasteiger charge is -2.31. The van der Waals surface area contributed by atoms with Gasteiger partial charge in [0.05, 0.1) is 11.6 Å². The molecule has 0 aromatic carbocycles. The maximum absolute atomic E-state index is 6.16. The Labute approximate surface area is 97.6 Å². The summed E-state index contributed by atoms with van der Waals surface area (Å²) in [4.78, 5) is 0. The van der Waals surface area contributed by atoms with Crippen molar-refractivity contribution < 1.29 is 4.74 Å². The maximum Gasteiger partial charge on any atom is 0.0818 e. The van der Waals surface area contributed by atoms with Gasteiger partial charge in [-0.1, -0.05) is 0 Å². The largest absolute Gasteiger partial charge is 0.374 e. The van der Waals surface area contributed by atoms with E-state index in [1.807, 2.05) is 26.2 Å². The normalized spacial score (nSPS) is 14.4. The Bertz CT molecular complexity index is 298. The molecule has 4 heteroatoms. The van der Waals surface area contributed by atoms with Crippen LogP contribution in [-0.4, -0.2) is 12.2 Å². The Kier molecular flexibility index (Phi) is 4.13. The highest BCUT2D eigenvalue weighted by atomic mass is 79.9. The van der Waals surface area contributed by atoms with Crippen LogP contribution in [0.3, 0.4) is 0 Å². The summed E-state index contributed by atoms with van der Waals surface area (Å²) in [5, 5.41) is 4.10. The summed E-state index contributed by atoms with van der Waals surface area (Å²) in [5.74, 6) is 0. The van der Waals surface area contributed by atoms with Crippen LogP contribution in [0.4, 0.5) is 0 Å². The minimum Gasteiger partial charge on any atom is -0.374 e. The lowest BCUT2D eigenvalue weighted by molar-refractivity contribution is -0.0298.